The summed E-state index contributed by atoms with van der Waals surface area (Å²) in [7, 11) is 0. The topological polar surface area (TPSA) is 60.9 Å². The van der Waals surface area contributed by atoms with Crippen LogP contribution in [0.1, 0.15) is 70.0 Å². The second-order valence-corrected chi connectivity index (χ2v) is 10.1. The summed E-state index contributed by atoms with van der Waals surface area (Å²) in [5, 5.41) is 10.7. The summed E-state index contributed by atoms with van der Waals surface area (Å²) in [5.41, 5.74) is 2.45. The molecule has 0 radical (unpaired) electrons. The van der Waals surface area contributed by atoms with Gasteiger partial charge in [-0.3, -0.25) is 9.59 Å². The third-order valence-corrected chi connectivity index (χ3v) is 6.72. The largest absolute Gasteiger partial charge is 0.503 e. The van der Waals surface area contributed by atoms with Crippen LogP contribution >= 0.6 is 0 Å². The summed E-state index contributed by atoms with van der Waals surface area (Å²) < 4.78 is 0. The Bertz CT molecular complexity index is 840. The molecule has 1 atom stereocenters. The van der Waals surface area contributed by atoms with Gasteiger partial charge in [-0.1, -0.05) is 51.5 Å². The molecular formula is C25H34N2O3. The Hall–Kier alpha value is -2.14. The van der Waals surface area contributed by atoms with Crippen molar-refractivity contribution in [2.45, 2.75) is 64.3 Å². The molecule has 5 heteroatoms. The van der Waals surface area contributed by atoms with E-state index in [2.05, 4.69) is 37.8 Å². The molecule has 0 spiro atoms. The average Bonchev–Trinajstić information content (AvgIpc) is 3.54. The standard InChI is InChI=1S/C25H34N2O3/c1-25(2,3)19-11-9-17(10-12-19)21-20(22(28)18-7-8-18)23(29)24(30)27(21)16-15-26-13-5-4-6-14-26/h9-12,18,21,29H,4-8,13-16H2,1-3H3. The molecule has 1 saturated carbocycles. The maximum atomic E-state index is 13.0. The molecule has 3 aliphatic rings. The van der Waals surface area contributed by atoms with Crippen molar-refractivity contribution in [2.75, 3.05) is 26.2 Å². The monoisotopic (exact) mass is 410 g/mol. The second-order valence-electron chi connectivity index (χ2n) is 10.1. The van der Waals surface area contributed by atoms with Crippen LogP contribution in [0.4, 0.5) is 0 Å². The van der Waals surface area contributed by atoms with Gasteiger partial charge in [0.2, 0.25) is 0 Å². The summed E-state index contributed by atoms with van der Waals surface area (Å²) in [6.45, 7) is 9.91. The van der Waals surface area contributed by atoms with E-state index in [4.69, 9.17) is 0 Å². The number of benzene rings is 1. The van der Waals surface area contributed by atoms with Gasteiger partial charge in [0.1, 0.15) is 0 Å². The van der Waals surface area contributed by atoms with E-state index in [1.54, 1.807) is 4.90 Å². The van der Waals surface area contributed by atoms with E-state index in [1.165, 1.54) is 24.8 Å². The number of likely N-dealkylation sites (tertiary alicyclic amines) is 1. The second kappa shape index (κ2) is 8.18. The first-order chi connectivity index (χ1) is 14.3. The molecule has 0 bridgehead atoms. The molecule has 0 aromatic heterocycles. The van der Waals surface area contributed by atoms with Crippen LogP contribution in [-0.4, -0.2) is 52.8 Å². The van der Waals surface area contributed by atoms with Gasteiger partial charge in [-0.25, -0.2) is 0 Å². The Morgan fingerprint density at radius 3 is 2.23 bits per heavy atom. The fourth-order valence-corrected chi connectivity index (χ4v) is 4.65. The van der Waals surface area contributed by atoms with Crippen molar-refractivity contribution in [3.8, 4) is 0 Å². The van der Waals surface area contributed by atoms with Gasteiger partial charge in [0.05, 0.1) is 11.6 Å². The van der Waals surface area contributed by atoms with Crippen LogP contribution in [-0.2, 0) is 15.0 Å². The predicted molar refractivity (Wildman–Crippen MR) is 117 cm³/mol. The molecule has 2 aliphatic heterocycles. The van der Waals surface area contributed by atoms with Crippen molar-refractivity contribution < 1.29 is 14.7 Å². The number of Topliss-reactive ketones (excluding diaryl/α,β-unsaturated/α-hetero) is 1. The Labute approximate surface area is 179 Å². The van der Waals surface area contributed by atoms with Crippen molar-refractivity contribution >= 4 is 11.7 Å². The molecular weight excluding hydrogens is 376 g/mol. The Balaban J connectivity index is 1.62. The van der Waals surface area contributed by atoms with E-state index in [0.717, 1.165) is 38.0 Å². The fraction of sp³-hybridized carbons (Fsp3) is 0.600. The fourth-order valence-electron chi connectivity index (χ4n) is 4.65. The molecule has 162 valence electrons. The lowest BCUT2D eigenvalue weighted by atomic mass is 9.85. The Morgan fingerprint density at radius 1 is 1.03 bits per heavy atom. The quantitative estimate of drug-likeness (QED) is 0.766. The van der Waals surface area contributed by atoms with Crippen molar-refractivity contribution in [3.05, 3.63) is 46.7 Å². The van der Waals surface area contributed by atoms with E-state index in [0.29, 0.717) is 12.1 Å². The third kappa shape index (κ3) is 4.18. The number of hydrogen-bond acceptors (Lipinski definition) is 4. The van der Waals surface area contributed by atoms with Crippen LogP contribution < -0.4 is 0 Å². The Morgan fingerprint density at radius 2 is 1.67 bits per heavy atom. The van der Waals surface area contributed by atoms with Crippen LogP contribution in [0.25, 0.3) is 0 Å². The molecule has 4 rings (SSSR count). The number of aliphatic hydroxyl groups is 1. The van der Waals surface area contributed by atoms with Gasteiger partial charge in [0, 0.05) is 19.0 Å². The lowest BCUT2D eigenvalue weighted by molar-refractivity contribution is -0.129. The summed E-state index contributed by atoms with van der Waals surface area (Å²) in [6, 6.07) is 7.72. The van der Waals surface area contributed by atoms with E-state index in [-0.39, 0.29) is 22.9 Å². The number of ketones is 1. The highest BCUT2D eigenvalue weighted by Gasteiger charge is 2.46. The number of rotatable bonds is 6. The zero-order valence-corrected chi connectivity index (χ0v) is 18.5. The van der Waals surface area contributed by atoms with E-state index in [9.17, 15) is 14.7 Å². The molecule has 2 fully saturated rings. The molecule has 1 unspecified atom stereocenters. The zero-order valence-electron chi connectivity index (χ0n) is 18.5. The van der Waals surface area contributed by atoms with E-state index >= 15 is 0 Å². The van der Waals surface area contributed by atoms with Gasteiger partial charge in [0.25, 0.3) is 5.91 Å². The SMILES string of the molecule is CC(C)(C)c1ccc(C2C(C(=O)C3CC3)=C(O)C(=O)N2CCN2CCCCC2)cc1. The first-order valence-corrected chi connectivity index (χ1v) is 11.4. The summed E-state index contributed by atoms with van der Waals surface area (Å²) in [4.78, 5) is 30.1. The number of carbonyl (C=O) groups is 2. The molecule has 1 saturated heterocycles. The van der Waals surface area contributed by atoms with Gasteiger partial charge < -0.3 is 14.9 Å². The van der Waals surface area contributed by atoms with E-state index in [1.807, 2.05) is 12.1 Å². The van der Waals surface area contributed by atoms with Gasteiger partial charge in [-0.05, 0) is 55.3 Å². The van der Waals surface area contributed by atoms with E-state index < -0.39 is 11.9 Å². The van der Waals surface area contributed by atoms with Gasteiger partial charge in [-0.15, -0.1) is 0 Å². The van der Waals surface area contributed by atoms with Crippen LogP contribution in [0.5, 0.6) is 0 Å². The number of piperidine rings is 1. The summed E-state index contributed by atoms with van der Waals surface area (Å²) >= 11 is 0. The Kier molecular flexibility index (Phi) is 5.75. The molecule has 2 heterocycles. The smallest absolute Gasteiger partial charge is 0.290 e. The van der Waals surface area contributed by atoms with Gasteiger partial charge >= 0.3 is 0 Å². The van der Waals surface area contributed by atoms with Crippen LogP contribution in [0.2, 0.25) is 0 Å². The lowest BCUT2D eigenvalue weighted by Crippen LogP contribution is -2.40. The molecule has 30 heavy (non-hydrogen) atoms. The number of nitrogens with zero attached hydrogens (tertiary/aromatic N) is 2. The number of amides is 1. The highest BCUT2D eigenvalue weighted by Crippen LogP contribution is 2.43. The first-order valence-electron chi connectivity index (χ1n) is 11.4. The number of carbonyl (C=O) groups excluding carboxylic acids is 2. The minimum atomic E-state index is -0.482. The summed E-state index contributed by atoms with van der Waals surface area (Å²) in [5.74, 6) is -0.823. The number of aliphatic hydroxyl groups excluding tert-OH is 1. The maximum absolute atomic E-state index is 13.0. The minimum Gasteiger partial charge on any atom is -0.503 e. The van der Waals surface area contributed by atoms with Crippen LogP contribution in [0.3, 0.4) is 0 Å². The minimum absolute atomic E-state index is 0.0304. The van der Waals surface area contributed by atoms with Crippen molar-refractivity contribution in [1.29, 1.82) is 0 Å². The highest BCUT2D eigenvalue weighted by molar-refractivity contribution is 6.10. The first kappa shape index (κ1) is 21.1. The van der Waals surface area contributed by atoms with Gasteiger partial charge in [-0.2, -0.15) is 0 Å². The highest BCUT2D eigenvalue weighted by atomic mass is 16.3. The van der Waals surface area contributed by atoms with Crippen molar-refractivity contribution in [3.63, 3.8) is 0 Å². The average molecular weight is 411 g/mol. The van der Waals surface area contributed by atoms with Crippen LogP contribution in [0, 0.1) is 5.92 Å². The lowest BCUT2D eigenvalue weighted by Gasteiger charge is -2.32. The van der Waals surface area contributed by atoms with Crippen LogP contribution in [0.15, 0.2) is 35.6 Å². The molecule has 1 amide bonds. The normalized spacial score (nSPS) is 23.4. The third-order valence-electron chi connectivity index (χ3n) is 6.72. The zero-order chi connectivity index (χ0) is 21.5. The predicted octanol–water partition coefficient (Wildman–Crippen LogP) is 4.14. The van der Waals surface area contributed by atoms with Crippen molar-refractivity contribution in [1.82, 2.24) is 9.80 Å². The number of hydrogen-bond donors (Lipinski definition) is 1. The molecule has 1 N–H and O–H groups in total. The van der Waals surface area contributed by atoms with Gasteiger partial charge in [0.15, 0.2) is 11.5 Å². The maximum Gasteiger partial charge on any atom is 0.290 e. The molecule has 1 aliphatic carbocycles. The summed E-state index contributed by atoms with van der Waals surface area (Å²) in [6.07, 6.45) is 5.37. The van der Waals surface area contributed by atoms with Crippen molar-refractivity contribution in [2.24, 2.45) is 5.92 Å². The molecule has 5 nitrogen and oxygen atoms in total. The molecule has 1 aromatic rings. The molecule has 1 aromatic carbocycles.